The molecule has 0 spiro atoms. The van der Waals surface area contributed by atoms with Crippen molar-refractivity contribution in [3.05, 3.63) is 41.1 Å². The summed E-state index contributed by atoms with van der Waals surface area (Å²) in [5.74, 6) is 0. The Morgan fingerprint density at radius 2 is 1.76 bits per heavy atom. The van der Waals surface area contributed by atoms with Gasteiger partial charge < -0.3 is 0 Å². The van der Waals surface area contributed by atoms with Gasteiger partial charge in [0.25, 0.3) is 12.9 Å². The molecule has 5 heteroatoms. The quantitative estimate of drug-likeness (QED) is 0.711. The highest BCUT2D eigenvalue weighted by Crippen LogP contribution is 2.30. The molecule has 0 saturated carbocycles. The van der Waals surface area contributed by atoms with E-state index in [-0.39, 0.29) is 11.1 Å². The molecule has 1 nitrogen and oxygen atoms in total. The van der Waals surface area contributed by atoms with E-state index in [1.165, 1.54) is 18.2 Å². The maximum atomic E-state index is 12.7. The van der Waals surface area contributed by atoms with E-state index < -0.39 is 18.5 Å². The summed E-state index contributed by atoms with van der Waals surface area (Å²) in [6.45, 7) is 1.60. The summed E-state index contributed by atoms with van der Waals surface area (Å²) in [5, 5.41) is 0.479. The van der Waals surface area contributed by atoms with Crippen LogP contribution < -0.4 is 0 Å². The van der Waals surface area contributed by atoms with E-state index in [2.05, 4.69) is 4.98 Å². The van der Waals surface area contributed by atoms with Gasteiger partial charge in [-0.1, -0.05) is 18.2 Å². The molecular formula is C12H9F4N. The zero-order chi connectivity index (χ0) is 12.6. The standard InChI is InChI=1S/C12H9F4N/c1-6-5-9(12(15)16)17-10-7(6)3-2-4-8(10)11(13)14/h2-5,11-12H,1H3. The zero-order valence-electron chi connectivity index (χ0n) is 8.92. The number of hydrogen-bond acceptors (Lipinski definition) is 1. The first-order valence-corrected chi connectivity index (χ1v) is 4.97. The van der Waals surface area contributed by atoms with Gasteiger partial charge >= 0.3 is 0 Å². The van der Waals surface area contributed by atoms with Crippen molar-refractivity contribution in [1.82, 2.24) is 4.98 Å². The number of aromatic nitrogens is 1. The van der Waals surface area contributed by atoms with E-state index in [9.17, 15) is 17.6 Å². The van der Waals surface area contributed by atoms with E-state index in [1.807, 2.05) is 0 Å². The molecule has 90 valence electrons. The molecule has 1 aromatic carbocycles. The molecule has 0 radical (unpaired) electrons. The monoisotopic (exact) mass is 243 g/mol. The first-order chi connectivity index (χ1) is 8.00. The maximum Gasteiger partial charge on any atom is 0.280 e. The first kappa shape index (κ1) is 11.8. The normalized spacial score (nSPS) is 11.7. The molecular weight excluding hydrogens is 234 g/mol. The van der Waals surface area contributed by atoms with Crippen LogP contribution in [0.2, 0.25) is 0 Å². The molecule has 0 bridgehead atoms. The fourth-order valence-electron chi connectivity index (χ4n) is 1.75. The van der Waals surface area contributed by atoms with E-state index in [0.717, 1.165) is 0 Å². The minimum atomic E-state index is -2.76. The average molecular weight is 243 g/mol. The Hall–Kier alpha value is -1.65. The van der Waals surface area contributed by atoms with Gasteiger partial charge in [-0.25, -0.2) is 22.5 Å². The Kier molecular flexibility index (Phi) is 3.00. The van der Waals surface area contributed by atoms with Crippen molar-refractivity contribution >= 4 is 10.9 Å². The van der Waals surface area contributed by atoms with E-state index >= 15 is 0 Å². The van der Waals surface area contributed by atoms with Crippen molar-refractivity contribution in [3.63, 3.8) is 0 Å². The number of benzene rings is 1. The number of aryl methyl sites for hydroxylation is 1. The Balaban J connectivity index is 2.78. The minimum absolute atomic E-state index is 0.0437. The number of fused-ring (bicyclic) bond motifs is 1. The number of pyridine rings is 1. The highest BCUT2D eigenvalue weighted by atomic mass is 19.3. The third-order valence-electron chi connectivity index (χ3n) is 2.56. The fourth-order valence-corrected chi connectivity index (χ4v) is 1.75. The molecule has 0 fully saturated rings. The number of rotatable bonds is 2. The summed E-state index contributed by atoms with van der Waals surface area (Å²) in [7, 11) is 0. The van der Waals surface area contributed by atoms with Gasteiger partial charge in [0.2, 0.25) is 0 Å². The summed E-state index contributed by atoms with van der Waals surface area (Å²) in [5.41, 5.74) is -0.304. The van der Waals surface area contributed by atoms with Crippen LogP contribution in [0.5, 0.6) is 0 Å². The lowest BCUT2D eigenvalue weighted by molar-refractivity contribution is 0.145. The van der Waals surface area contributed by atoms with Gasteiger partial charge in [0.15, 0.2) is 0 Å². The van der Waals surface area contributed by atoms with Crippen LogP contribution in [0.3, 0.4) is 0 Å². The molecule has 0 atom stereocenters. The van der Waals surface area contributed by atoms with Gasteiger partial charge in [0, 0.05) is 10.9 Å². The molecule has 2 aromatic rings. The van der Waals surface area contributed by atoms with Crippen molar-refractivity contribution in [1.29, 1.82) is 0 Å². The molecule has 0 saturated heterocycles. The molecule has 0 aliphatic carbocycles. The first-order valence-electron chi connectivity index (χ1n) is 4.97. The van der Waals surface area contributed by atoms with E-state index in [4.69, 9.17) is 0 Å². The van der Waals surface area contributed by atoms with Gasteiger partial charge in [0.1, 0.15) is 5.69 Å². The van der Waals surface area contributed by atoms with Crippen molar-refractivity contribution in [2.24, 2.45) is 0 Å². The Morgan fingerprint density at radius 3 is 2.35 bits per heavy atom. The van der Waals surface area contributed by atoms with Crippen molar-refractivity contribution in [2.45, 2.75) is 19.8 Å². The second-order valence-corrected chi connectivity index (χ2v) is 3.71. The molecule has 0 amide bonds. The molecule has 1 heterocycles. The predicted octanol–water partition coefficient (Wildman–Crippen LogP) is 4.42. The van der Waals surface area contributed by atoms with Crippen LogP contribution in [0.15, 0.2) is 24.3 Å². The minimum Gasteiger partial charge on any atom is -0.246 e. The second-order valence-electron chi connectivity index (χ2n) is 3.71. The Bertz CT molecular complexity index is 551. The van der Waals surface area contributed by atoms with Gasteiger partial charge in [-0.2, -0.15) is 0 Å². The lowest BCUT2D eigenvalue weighted by Gasteiger charge is -2.09. The highest BCUT2D eigenvalue weighted by molar-refractivity contribution is 5.85. The van der Waals surface area contributed by atoms with Crippen LogP contribution in [-0.4, -0.2) is 4.98 Å². The molecule has 0 aliphatic rings. The number of halogens is 4. The van der Waals surface area contributed by atoms with Gasteiger partial charge in [-0.15, -0.1) is 0 Å². The topological polar surface area (TPSA) is 12.9 Å². The average Bonchev–Trinajstić information content (AvgIpc) is 2.27. The maximum absolute atomic E-state index is 12.7. The third kappa shape index (κ3) is 2.09. The van der Waals surface area contributed by atoms with Gasteiger partial charge in [-0.3, -0.25) is 0 Å². The Morgan fingerprint density at radius 1 is 1.06 bits per heavy atom. The summed E-state index contributed by atoms with van der Waals surface area (Å²) in [6, 6.07) is 5.50. The van der Waals surface area contributed by atoms with Crippen molar-refractivity contribution in [3.8, 4) is 0 Å². The lowest BCUT2D eigenvalue weighted by atomic mass is 10.0. The van der Waals surface area contributed by atoms with Crippen LogP contribution in [0, 0.1) is 6.92 Å². The number of para-hydroxylation sites is 1. The number of hydrogen-bond donors (Lipinski definition) is 0. The number of alkyl halides is 4. The molecule has 2 rings (SSSR count). The van der Waals surface area contributed by atoms with Crippen LogP contribution in [0.4, 0.5) is 17.6 Å². The number of nitrogens with zero attached hydrogens (tertiary/aromatic N) is 1. The fraction of sp³-hybridized carbons (Fsp3) is 0.250. The van der Waals surface area contributed by atoms with Crippen LogP contribution in [0.1, 0.15) is 29.7 Å². The van der Waals surface area contributed by atoms with Crippen LogP contribution in [-0.2, 0) is 0 Å². The van der Waals surface area contributed by atoms with Crippen LogP contribution in [0.25, 0.3) is 10.9 Å². The van der Waals surface area contributed by atoms with Crippen molar-refractivity contribution in [2.75, 3.05) is 0 Å². The third-order valence-corrected chi connectivity index (χ3v) is 2.56. The smallest absolute Gasteiger partial charge is 0.246 e. The largest absolute Gasteiger partial charge is 0.280 e. The zero-order valence-corrected chi connectivity index (χ0v) is 8.92. The summed E-state index contributed by atoms with van der Waals surface area (Å²) in [6.07, 6.45) is -5.48. The lowest BCUT2D eigenvalue weighted by Crippen LogP contribution is -1.97. The molecule has 17 heavy (non-hydrogen) atoms. The van der Waals surface area contributed by atoms with Crippen molar-refractivity contribution < 1.29 is 17.6 Å². The van der Waals surface area contributed by atoms with Gasteiger partial charge in [0.05, 0.1) is 5.52 Å². The molecule has 0 N–H and O–H groups in total. The second kappa shape index (κ2) is 4.31. The van der Waals surface area contributed by atoms with E-state index in [0.29, 0.717) is 10.9 Å². The molecule has 0 unspecified atom stereocenters. The summed E-state index contributed by atoms with van der Waals surface area (Å²) in [4.78, 5) is 3.63. The summed E-state index contributed by atoms with van der Waals surface area (Å²) < 4.78 is 50.6. The molecule has 1 aromatic heterocycles. The predicted molar refractivity (Wildman–Crippen MR) is 56.4 cm³/mol. The summed E-state index contributed by atoms with van der Waals surface area (Å²) >= 11 is 0. The SMILES string of the molecule is Cc1cc(C(F)F)nc2c(C(F)F)cccc12. The van der Waals surface area contributed by atoms with Gasteiger partial charge in [-0.05, 0) is 18.6 Å². The Labute approximate surface area is 95.1 Å². The van der Waals surface area contributed by atoms with E-state index in [1.54, 1.807) is 13.0 Å². The van der Waals surface area contributed by atoms with Crippen LogP contribution >= 0.6 is 0 Å². The highest BCUT2D eigenvalue weighted by Gasteiger charge is 2.17. The molecule has 0 aliphatic heterocycles.